The maximum absolute atomic E-state index is 14.2. The van der Waals surface area contributed by atoms with Crippen molar-refractivity contribution >= 4 is 0 Å². The molecule has 0 spiro atoms. The molecule has 2 nitrogen and oxygen atoms in total. The highest BCUT2D eigenvalue weighted by Gasteiger charge is 2.42. The van der Waals surface area contributed by atoms with Gasteiger partial charge in [-0.2, -0.15) is 0 Å². The summed E-state index contributed by atoms with van der Waals surface area (Å²) < 4.78 is 34.5. The van der Waals surface area contributed by atoms with E-state index in [0.29, 0.717) is 6.61 Å². The van der Waals surface area contributed by atoms with Gasteiger partial charge in [0, 0.05) is 12.2 Å². The molecule has 1 aromatic rings. The van der Waals surface area contributed by atoms with Gasteiger partial charge in [0.2, 0.25) is 0 Å². The minimum absolute atomic E-state index is 0.107. The average Bonchev–Trinajstić information content (AvgIpc) is 2.70. The van der Waals surface area contributed by atoms with E-state index in [9.17, 15) is 8.78 Å². The Morgan fingerprint density at radius 2 is 1.71 bits per heavy atom. The topological polar surface area (TPSA) is 21.3 Å². The van der Waals surface area contributed by atoms with Crippen LogP contribution in [-0.4, -0.2) is 19.3 Å². The number of nitrogens with one attached hydrogen (secondary N) is 1. The molecule has 0 saturated heterocycles. The molecule has 1 aromatic carbocycles. The predicted octanol–water partition coefficient (Wildman–Crippen LogP) is 4.35. The fourth-order valence-electron chi connectivity index (χ4n) is 3.59. The van der Waals surface area contributed by atoms with Crippen LogP contribution < -0.4 is 5.32 Å². The van der Waals surface area contributed by atoms with Crippen LogP contribution >= 0.6 is 0 Å². The molecule has 1 fully saturated rings. The van der Waals surface area contributed by atoms with Gasteiger partial charge in [-0.15, -0.1) is 0 Å². The summed E-state index contributed by atoms with van der Waals surface area (Å²) in [7, 11) is 1.75. The summed E-state index contributed by atoms with van der Waals surface area (Å²) in [6.45, 7) is 2.49. The van der Waals surface area contributed by atoms with E-state index in [2.05, 4.69) is 5.32 Å². The zero-order chi connectivity index (χ0) is 15.3. The Morgan fingerprint density at radius 1 is 1.14 bits per heavy atom. The number of ether oxygens (including phenoxy) is 1. The Kier molecular flexibility index (Phi) is 5.71. The molecular weight excluding hydrogens is 272 g/mol. The van der Waals surface area contributed by atoms with Gasteiger partial charge >= 0.3 is 0 Å². The molecule has 0 bridgehead atoms. The number of halogens is 2. The summed E-state index contributed by atoms with van der Waals surface area (Å²) in [6.07, 6.45) is 6.05. The molecule has 2 rings (SSSR count). The van der Waals surface area contributed by atoms with E-state index in [1.54, 1.807) is 7.05 Å². The lowest BCUT2D eigenvalue weighted by atomic mass is 9.81. The first-order valence-electron chi connectivity index (χ1n) is 7.90. The van der Waals surface area contributed by atoms with Crippen molar-refractivity contribution in [3.8, 4) is 0 Å². The second kappa shape index (κ2) is 7.32. The molecule has 21 heavy (non-hydrogen) atoms. The molecule has 1 aliphatic carbocycles. The lowest BCUT2D eigenvalue weighted by Crippen LogP contribution is -2.45. The normalized spacial score (nSPS) is 20.0. The molecule has 0 amide bonds. The monoisotopic (exact) mass is 297 g/mol. The van der Waals surface area contributed by atoms with Crippen molar-refractivity contribution in [1.82, 2.24) is 5.32 Å². The summed E-state index contributed by atoms with van der Waals surface area (Å²) in [4.78, 5) is 0. The van der Waals surface area contributed by atoms with Gasteiger partial charge in [-0.1, -0.05) is 31.7 Å². The summed E-state index contributed by atoms with van der Waals surface area (Å²) in [5.41, 5.74) is -0.418. The zero-order valence-corrected chi connectivity index (χ0v) is 12.9. The van der Waals surface area contributed by atoms with Crippen LogP contribution in [0.15, 0.2) is 18.2 Å². The van der Waals surface area contributed by atoms with Crippen molar-refractivity contribution in [1.29, 1.82) is 0 Å². The highest BCUT2D eigenvalue weighted by atomic mass is 19.1. The van der Waals surface area contributed by atoms with Gasteiger partial charge in [0.1, 0.15) is 11.6 Å². The largest absolute Gasteiger partial charge is 0.373 e. The molecule has 0 aromatic heterocycles. The Labute approximate surface area is 125 Å². The molecule has 118 valence electrons. The fourth-order valence-corrected chi connectivity index (χ4v) is 3.59. The third-order valence-corrected chi connectivity index (χ3v) is 4.48. The fraction of sp³-hybridized carbons (Fsp3) is 0.647. The van der Waals surface area contributed by atoms with Gasteiger partial charge in [0.25, 0.3) is 0 Å². The maximum Gasteiger partial charge on any atom is 0.131 e. The molecule has 4 heteroatoms. The van der Waals surface area contributed by atoms with Crippen LogP contribution in [0, 0.1) is 11.6 Å². The van der Waals surface area contributed by atoms with Gasteiger partial charge in [-0.25, -0.2) is 8.78 Å². The average molecular weight is 297 g/mol. The number of benzene rings is 1. The first-order valence-corrected chi connectivity index (χ1v) is 7.90. The summed E-state index contributed by atoms with van der Waals surface area (Å²) in [6, 6.07) is 3.58. The maximum atomic E-state index is 14.2. The summed E-state index contributed by atoms with van der Waals surface area (Å²) in [5.74, 6) is -1.00. The van der Waals surface area contributed by atoms with Crippen molar-refractivity contribution in [2.24, 2.45) is 0 Å². The van der Waals surface area contributed by atoms with Crippen LogP contribution in [0.2, 0.25) is 0 Å². The quantitative estimate of drug-likeness (QED) is 0.816. The van der Waals surface area contributed by atoms with Crippen molar-refractivity contribution in [3.63, 3.8) is 0 Å². The SMILES string of the molecule is CCOC1(C(NC)c2c(F)cccc2F)CCCCCC1. The predicted molar refractivity (Wildman–Crippen MR) is 80.2 cm³/mol. The molecule has 1 atom stereocenters. The molecule has 1 saturated carbocycles. The van der Waals surface area contributed by atoms with Crippen molar-refractivity contribution in [3.05, 3.63) is 35.4 Å². The minimum atomic E-state index is -0.525. The lowest BCUT2D eigenvalue weighted by Gasteiger charge is -2.40. The minimum Gasteiger partial charge on any atom is -0.373 e. The summed E-state index contributed by atoms with van der Waals surface area (Å²) >= 11 is 0. The van der Waals surface area contributed by atoms with Gasteiger partial charge in [-0.3, -0.25) is 0 Å². The van der Waals surface area contributed by atoms with Gasteiger partial charge in [0.05, 0.1) is 11.6 Å². The van der Waals surface area contributed by atoms with Crippen molar-refractivity contribution in [2.45, 2.75) is 57.1 Å². The molecule has 1 unspecified atom stereocenters. The molecule has 0 heterocycles. The highest BCUT2D eigenvalue weighted by Crippen LogP contribution is 2.41. The van der Waals surface area contributed by atoms with Crippen LogP contribution in [0.4, 0.5) is 8.78 Å². The van der Waals surface area contributed by atoms with E-state index in [1.165, 1.54) is 18.2 Å². The standard InChI is InChI=1S/C17H25F2NO/c1-3-21-17(11-6-4-5-7-12-17)16(20-2)15-13(18)9-8-10-14(15)19/h8-10,16,20H,3-7,11-12H2,1-2H3. The third kappa shape index (κ3) is 3.43. The second-order valence-electron chi connectivity index (χ2n) is 5.77. The van der Waals surface area contributed by atoms with E-state index in [0.717, 1.165) is 38.5 Å². The zero-order valence-electron chi connectivity index (χ0n) is 12.9. The van der Waals surface area contributed by atoms with Crippen LogP contribution in [0.3, 0.4) is 0 Å². The molecular formula is C17H25F2NO. The number of likely N-dealkylation sites (N-methyl/N-ethyl adjacent to an activating group) is 1. The molecule has 1 N–H and O–H groups in total. The first-order chi connectivity index (χ1) is 10.1. The van der Waals surface area contributed by atoms with E-state index in [-0.39, 0.29) is 5.56 Å². The highest BCUT2D eigenvalue weighted by molar-refractivity contribution is 5.26. The van der Waals surface area contributed by atoms with Crippen LogP contribution in [0.25, 0.3) is 0 Å². The van der Waals surface area contributed by atoms with Gasteiger partial charge < -0.3 is 10.1 Å². The lowest BCUT2D eigenvalue weighted by molar-refractivity contribution is -0.0780. The Bertz CT molecular complexity index is 436. The first kappa shape index (κ1) is 16.4. The number of hydrogen-bond donors (Lipinski definition) is 1. The Balaban J connectivity index is 2.44. The van der Waals surface area contributed by atoms with E-state index in [1.807, 2.05) is 6.92 Å². The smallest absolute Gasteiger partial charge is 0.131 e. The van der Waals surface area contributed by atoms with Crippen LogP contribution in [0.5, 0.6) is 0 Å². The van der Waals surface area contributed by atoms with Crippen molar-refractivity contribution < 1.29 is 13.5 Å². The number of hydrogen-bond acceptors (Lipinski definition) is 2. The second-order valence-corrected chi connectivity index (χ2v) is 5.77. The van der Waals surface area contributed by atoms with E-state index >= 15 is 0 Å². The molecule has 0 radical (unpaired) electrons. The molecule has 1 aliphatic rings. The third-order valence-electron chi connectivity index (χ3n) is 4.48. The number of rotatable bonds is 5. The Morgan fingerprint density at radius 3 is 2.19 bits per heavy atom. The molecule has 0 aliphatic heterocycles. The van der Waals surface area contributed by atoms with Gasteiger partial charge in [0.15, 0.2) is 0 Å². The van der Waals surface area contributed by atoms with Gasteiger partial charge in [-0.05, 0) is 38.9 Å². The van der Waals surface area contributed by atoms with E-state index in [4.69, 9.17) is 4.74 Å². The van der Waals surface area contributed by atoms with Crippen molar-refractivity contribution in [2.75, 3.05) is 13.7 Å². The van der Waals surface area contributed by atoms with Crippen LogP contribution in [-0.2, 0) is 4.74 Å². The summed E-state index contributed by atoms with van der Waals surface area (Å²) in [5, 5.41) is 3.12. The van der Waals surface area contributed by atoms with E-state index < -0.39 is 23.3 Å². The van der Waals surface area contributed by atoms with Crippen LogP contribution in [0.1, 0.15) is 57.1 Å². The Hall–Kier alpha value is -1.00.